The lowest BCUT2D eigenvalue weighted by Crippen LogP contribution is -2.37. The maximum absolute atomic E-state index is 11.9. The summed E-state index contributed by atoms with van der Waals surface area (Å²) in [6, 6.07) is 8.77. The second-order valence-corrected chi connectivity index (χ2v) is 5.62. The normalized spacial score (nSPS) is 13.9. The van der Waals surface area contributed by atoms with E-state index in [2.05, 4.69) is 4.98 Å². The van der Waals surface area contributed by atoms with Crippen molar-refractivity contribution in [2.24, 2.45) is 5.73 Å². The van der Waals surface area contributed by atoms with E-state index in [1.54, 1.807) is 0 Å². The Morgan fingerprint density at radius 3 is 2.38 bits per heavy atom. The minimum Gasteiger partial charge on any atom is -0.324 e. The van der Waals surface area contributed by atoms with E-state index in [1.807, 2.05) is 38.1 Å². The second-order valence-electron chi connectivity index (χ2n) is 5.21. The molecule has 0 saturated carbocycles. The van der Waals surface area contributed by atoms with Crippen molar-refractivity contribution in [2.45, 2.75) is 32.4 Å². The third-order valence-electron chi connectivity index (χ3n) is 3.41. The first-order chi connectivity index (χ1) is 9.88. The van der Waals surface area contributed by atoms with Gasteiger partial charge < -0.3 is 5.73 Å². The number of nitrogens with one attached hydrogen (secondary N) is 1. The van der Waals surface area contributed by atoms with Crippen LogP contribution in [0.1, 0.15) is 37.1 Å². The lowest BCUT2D eigenvalue weighted by molar-refractivity contribution is 0.501. The summed E-state index contributed by atoms with van der Waals surface area (Å²) in [6.45, 7) is 3.74. The number of nitrogens with zero attached hydrogens (tertiary/aromatic N) is 1. The summed E-state index contributed by atoms with van der Waals surface area (Å²) < 4.78 is 1.17. The van der Waals surface area contributed by atoms with Crippen LogP contribution < -0.4 is 17.0 Å². The number of halogens is 1. The number of aromatic amines is 1. The molecular weight excluding hydrogens is 290 g/mol. The van der Waals surface area contributed by atoms with Crippen LogP contribution in [0.25, 0.3) is 0 Å². The maximum atomic E-state index is 11.9. The minimum atomic E-state index is -0.493. The highest BCUT2D eigenvalue weighted by molar-refractivity contribution is 6.29. The van der Waals surface area contributed by atoms with Crippen LogP contribution in [0.5, 0.6) is 0 Å². The van der Waals surface area contributed by atoms with Gasteiger partial charge in [0.2, 0.25) is 0 Å². The van der Waals surface area contributed by atoms with Crippen LogP contribution >= 0.6 is 11.6 Å². The smallest absolute Gasteiger partial charge is 0.324 e. The van der Waals surface area contributed by atoms with Crippen LogP contribution in [-0.2, 0) is 6.42 Å². The van der Waals surface area contributed by atoms with Crippen molar-refractivity contribution in [1.29, 1.82) is 0 Å². The number of hydrogen-bond donors (Lipinski definition) is 2. The van der Waals surface area contributed by atoms with Crippen LogP contribution in [0.15, 0.2) is 39.9 Å². The Morgan fingerprint density at radius 2 is 1.86 bits per heavy atom. The first-order valence-corrected chi connectivity index (χ1v) is 7.12. The van der Waals surface area contributed by atoms with E-state index in [1.165, 1.54) is 10.6 Å². The molecule has 112 valence electrons. The Bertz CT molecular complexity index is 701. The zero-order valence-electron chi connectivity index (χ0n) is 12.0. The van der Waals surface area contributed by atoms with Gasteiger partial charge >= 0.3 is 5.69 Å². The monoisotopic (exact) mass is 307 g/mol. The van der Waals surface area contributed by atoms with Crippen molar-refractivity contribution in [1.82, 2.24) is 9.55 Å². The molecule has 0 fully saturated rings. The first kappa shape index (κ1) is 15.5. The molecule has 0 aliphatic carbocycles. The average molecular weight is 308 g/mol. The molecule has 0 radical (unpaired) electrons. The molecule has 1 aromatic carbocycles. The zero-order valence-corrected chi connectivity index (χ0v) is 12.7. The molecule has 2 rings (SSSR count). The van der Waals surface area contributed by atoms with Gasteiger partial charge in [0.05, 0.1) is 0 Å². The van der Waals surface area contributed by atoms with E-state index in [-0.39, 0.29) is 17.2 Å². The van der Waals surface area contributed by atoms with Crippen LogP contribution in [0.4, 0.5) is 0 Å². The highest BCUT2D eigenvalue weighted by atomic mass is 35.5. The fraction of sp³-hybridized carbons (Fsp3) is 0.333. The Labute approximate surface area is 127 Å². The van der Waals surface area contributed by atoms with Gasteiger partial charge in [-0.25, -0.2) is 4.79 Å². The zero-order chi connectivity index (χ0) is 15.6. The molecule has 0 aliphatic heterocycles. The van der Waals surface area contributed by atoms with Gasteiger partial charge in [0, 0.05) is 18.2 Å². The van der Waals surface area contributed by atoms with E-state index in [4.69, 9.17) is 17.3 Å². The van der Waals surface area contributed by atoms with Crippen molar-refractivity contribution in [3.05, 3.63) is 67.4 Å². The molecule has 0 spiro atoms. The molecule has 2 aromatic rings. The van der Waals surface area contributed by atoms with Gasteiger partial charge in [-0.1, -0.05) is 35.9 Å². The molecule has 3 N–H and O–H groups in total. The minimum absolute atomic E-state index is 0.0156. The van der Waals surface area contributed by atoms with Crippen molar-refractivity contribution >= 4 is 11.6 Å². The number of H-pyrrole nitrogens is 1. The highest BCUT2D eigenvalue weighted by Crippen LogP contribution is 2.15. The highest BCUT2D eigenvalue weighted by Gasteiger charge is 2.12. The van der Waals surface area contributed by atoms with Gasteiger partial charge in [-0.05, 0) is 31.4 Å². The van der Waals surface area contributed by atoms with Gasteiger partial charge in [0.15, 0.2) is 0 Å². The Hall–Kier alpha value is -1.85. The Kier molecular flexibility index (Phi) is 4.65. The van der Waals surface area contributed by atoms with Crippen LogP contribution in [0.3, 0.4) is 0 Å². The average Bonchev–Trinajstić information content (AvgIpc) is 2.37. The Morgan fingerprint density at radius 1 is 1.24 bits per heavy atom. The van der Waals surface area contributed by atoms with Gasteiger partial charge in [-0.15, -0.1) is 0 Å². The van der Waals surface area contributed by atoms with Gasteiger partial charge in [-0.2, -0.15) is 0 Å². The van der Waals surface area contributed by atoms with Crippen LogP contribution in [0.2, 0.25) is 5.15 Å². The molecule has 1 aromatic heterocycles. The molecular formula is C15H18ClN3O2. The van der Waals surface area contributed by atoms with E-state index >= 15 is 0 Å². The number of hydrogen-bond acceptors (Lipinski definition) is 3. The second kappa shape index (κ2) is 6.28. The van der Waals surface area contributed by atoms with E-state index in [0.29, 0.717) is 6.42 Å². The first-order valence-electron chi connectivity index (χ1n) is 6.74. The molecule has 0 saturated heterocycles. The predicted molar refractivity (Wildman–Crippen MR) is 83.8 cm³/mol. The van der Waals surface area contributed by atoms with Crippen molar-refractivity contribution in [3.63, 3.8) is 0 Å². The summed E-state index contributed by atoms with van der Waals surface area (Å²) in [5, 5.41) is 0.0507. The van der Waals surface area contributed by atoms with E-state index in [0.717, 1.165) is 11.1 Å². The fourth-order valence-electron chi connectivity index (χ4n) is 2.28. The number of rotatable bonds is 4. The maximum Gasteiger partial charge on any atom is 0.329 e. The summed E-state index contributed by atoms with van der Waals surface area (Å²) in [4.78, 5) is 26.1. The molecule has 1 heterocycles. The van der Waals surface area contributed by atoms with Crippen molar-refractivity contribution < 1.29 is 0 Å². The fourth-order valence-corrected chi connectivity index (χ4v) is 2.46. The third kappa shape index (κ3) is 3.62. The van der Waals surface area contributed by atoms with Gasteiger partial charge in [-0.3, -0.25) is 14.3 Å². The van der Waals surface area contributed by atoms with Gasteiger partial charge in [0.1, 0.15) is 5.15 Å². The lowest BCUT2D eigenvalue weighted by atomic mass is 10.0. The van der Waals surface area contributed by atoms with Crippen LogP contribution in [0, 0.1) is 0 Å². The summed E-state index contributed by atoms with van der Waals surface area (Å²) in [7, 11) is 0. The van der Waals surface area contributed by atoms with Crippen LogP contribution in [-0.4, -0.2) is 9.55 Å². The molecule has 1 unspecified atom stereocenters. The summed E-state index contributed by atoms with van der Waals surface area (Å²) in [5.41, 5.74) is 7.00. The quantitative estimate of drug-likeness (QED) is 0.848. The number of benzene rings is 1. The van der Waals surface area contributed by atoms with Crippen molar-refractivity contribution in [2.75, 3.05) is 0 Å². The molecule has 2 atom stereocenters. The molecule has 0 bridgehead atoms. The lowest BCUT2D eigenvalue weighted by Gasteiger charge is -2.14. The summed E-state index contributed by atoms with van der Waals surface area (Å²) >= 11 is 5.65. The molecule has 0 amide bonds. The topological polar surface area (TPSA) is 80.9 Å². The predicted octanol–water partition coefficient (Wildman–Crippen LogP) is 2.01. The number of aromatic nitrogens is 2. The Balaban J connectivity index is 2.24. The summed E-state index contributed by atoms with van der Waals surface area (Å²) in [5.74, 6) is 0. The molecule has 21 heavy (non-hydrogen) atoms. The molecule has 6 heteroatoms. The number of nitrogens with two attached hydrogens (primary N) is 1. The van der Waals surface area contributed by atoms with Gasteiger partial charge in [0.25, 0.3) is 5.56 Å². The SMILES string of the molecule is CC(Cc1ccc([C@H](C)N)cc1)n1c(=O)cc(Cl)[nH]c1=O. The van der Waals surface area contributed by atoms with Crippen molar-refractivity contribution in [3.8, 4) is 0 Å². The largest absolute Gasteiger partial charge is 0.329 e. The van der Waals surface area contributed by atoms with E-state index < -0.39 is 11.2 Å². The third-order valence-corrected chi connectivity index (χ3v) is 3.61. The standard InChI is InChI=1S/C15H18ClN3O2/c1-9(19-14(20)8-13(16)18-15(19)21)7-11-3-5-12(6-4-11)10(2)17/h3-6,8-10H,7,17H2,1-2H3,(H,18,21)/t9?,10-/m0/s1. The molecule has 5 nitrogen and oxygen atoms in total. The van der Waals surface area contributed by atoms with E-state index in [9.17, 15) is 9.59 Å². The summed E-state index contributed by atoms with van der Waals surface area (Å²) in [6.07, 6.45) is 0.573. The molecule has 0 aliphatic rings.